The highest BCUT2D eigenvalue weighted by atomic mass is 35.5. The van der Waals surface area contributed by atoms with E-state index in [-0.39, 0.29) is 28.4 Å². The van der Waals surface area contributed by atoms with Gasteiger partial charge < -0.3 is 5.73 Å². The summed E-state index contributed by atoms with van der Waals surface area (Å²) >= 11 is 11.9. The molecule has 1 aromatic rings. The highest BCUT2D eigenvalue weighted by molar-refractivity contribution is 7.89. The second-order valence-electron chi connectivity index (χ2n) is 4.87. The molecule has 0 bridgehead atoms. The van der Waals surface area contributed by atoms with Crippen molar-refractivity contribution >= 4 is 33.2 Å². The van der Waals surface area contributed by atoms with Crippen LogP contribution in [0.3, 0.4) is 0 Å². The van der Waals surface area contributed by atoms with Gasteiger partial charge in [-0.05, 0) is 30.5 Å². The molecule has 4 nitrogen and oxygen atoms in total. The molecule has 3 N–H and O–H groups in total. The molecule has 0 saturated heterocycles. The molecular weight excluding hydrogens is 319 g/mol. The first-order valence-corrected chi connectivity index (χ1v) is 8.67. The molecule has 20 heavy (non-hydrogen) atoms. The minimum absolute atomic E-state index is 0.0131. The minimum atomic E-state index is -3.69. The van der Waals surface area contributed by atoms with Crippen LogP contribution < -0.4 is 10.5 Å². The Hall–Kier alpha value is -0.330. The van der Waals surface area contributed by atoms with E-state index in [1.54, 1.807) is 0 Å². The monoisotopic (exact) mass is 338 g/mol. The second-order valence-corrected chi connectivity index (χ2v) is 7.37. The van der Waals surface area contributed by atoms with Gasteiger partial charge in [0.1, 0.15) is 4.90 Å². The maximum absolute atomic E-state index is 12.4. The molecule has 1 rings (SSSR count). The van der Waals surface area contributed by atoms with E-state index in [1.807, 2.05) is 20.8 Å². The van der Waals surface area contributed by atoms with Crippen molar-refractivity contribution in [3.63, 3.8) is 0 Å². The van der Waals surface area contributed by atoms with Crippen molar-refractivity contribution in [2.75, 3.05) is 0 Å². The number of benzene rings is 1. The molecule has 0 aliphatic carbocycles. The number of halogens is 2. The van der Waals surface area contributed by atoms with Crippen LogP contribution in [0.2, 0.25) is 10.0 Å². The number of sulfonamides is 1. The number of hydrogen-bond acceptors (Lipinski definition) is 3. The molecule has 0 heterocycles. The summed E-state index contributed by atoms with van der Waals surface area (Å²) in [7, 11) is -3.69. The summed E-state index contributed by atoms with van der Waals surface area (Å²) in [5.41, 5.74) is 6.09. The first kappa shape index (κ1) is 17.7. The molecule has 2 atom stereocenters. The number of rotatable bonds is 6. The van der Waals surface area contributed by atoms with Gasteiger partial charge in [-0.25, -0.2) is 13.1 Å². The van der Waals surface area contributed by atoms with Gasteiger partial charge in [-0.3, -0.25) is 0 Å². The molecule has 0 spiro atoms. The Morgan fingerprint density at radius 1 is 1.25 bits per heavy atom. The number of hydrogen-bond donors (Lipinski definition) is 2. The highest BCUT2D eigenvalue weighted by Crippen LogP contribution is 2.28. The van der Waals surface area contributed by atoms with Gasteiger partial charge >= 0.3 is 0 Å². The van der Waals surface area contributed by atoms with Gasteiger partial charge in [-0.2, -0.15) is 0 Å². The fraction of sp³-hybridized carbons (Fsp3) is 0.538. The quantitative estimate of drug-likeness (QED) is 0.836. The van der Waals surface area contributed by atoms with Crippen molar-refractivity contribution in [3.05, 3.63) is 27.7 Å². The van der Waals surface area contributed by atoms with E-state index in [4.69, 9.17) is 28.9 Å². The molecule has 0 amide bonds. The standard InChI is InChI=1S/C13H20Cl2N2O2S/c1-4-8(2)9(3)17-20(18,19)13-5-10(7-16)11(14)6-12(13)15/h5-6,8-9,17H,4,7,16H2,1-3H3. The lowest BCUT2D eigenvalue weighted by atomic mass is 10.0. The van der Waals surface area contributed by atoms with Crippen LogP contribution >= 0.6 is 23.2 Å². The Kier molecular flexibility index (Phi) is 6.28. The third-order valence-corrected chi connectivity index (χ3v) is 5.82. The molecule has 114 valence electrons. The van der Waals surface area contributed by atoms with Crippen LogP contribution in [0.1, 0.15) is 32.8 Å². The fourth-order valence-electron chi connectivity index (χ4n) is 1.71. The van der Waals surface area contributed by atoms with Crippen LogP contribution in [0, 0.1) is 5.92 Å². The van der Waals surface area contributed by atoms with Crippen molar-refractivity contribution in [2.45, 2.75) is 44.7 Å². The number of nitrogens with one attached hydrogen (secondary N) is 1. The summed E-state index contributed by atoms with van der Waals surface area (Å²) in [6, 6.07) is 2.66. The predicted molar refractivity (Wildman–Crippen MR) is 83.6 cm³/mol. The van der Waals surface area contributed by atoms with Crippen molar-refractivity contribution < 1.29 is 8.42 Å². The van der Waals surface area contributed by atoms with Gasteiger partial charge in [0, 0.05) is 17.6 Å². The fourth-order valence-corrected chi connectivity index (χ4v) is 3.94. The Labute approximate surface area is 130 Å². The van der Waals surface area contributed by atoms with E-state index >= 15 is 0 Å². The van der Waals surface area contributed by atoms with Crippen molar-refractivity contribution in [2.24, 2.45) is 11.7 Å². The first-order valence-electron chi connectivity index (χ1n) is 6.43. The second kappa shape index (κ2) is 7.09. The lowest BCUT2D eigenvalue weighted by Crippen LogP contribution is -2.37. The van der Waals surface area contributed by atoms with Gasteiger partial charge in [0.2, 0.25) is 10.0 Å². The maximum atomic E-state index is 12.4. The van der Waals surface area contributed by atoms with Crippen molar-refractivity contribution in [1.29, 1.82) is 0 Å². The number of nitrogens with two attached hydrogens (primary N) is 1. The van der Waals surface area contributed by atoms with E-state index in [1.165, 1.54) is 12.1 Å². The van der Waals surface area contributed by atoms with Crippen LogP contribution in [0.25, 0.3) is 0 Å². The van der Waals surface area contributed by atoms with Gasteiger partial charge in [-0.1, -0.05) is 43.5 Å². The lowest BCUT2D eigenvalue weighted by Gasteiger charge is -2.20. The Balaban J connectivity index is 3.16. The highest BCUT2D eigenvalue weighted by Gasteiger charge is 2.23. The van der Waals surface area contributed by atoms with Crippen LogP contribution in [-0.2, 0) is 16.6 Å². The van der Waals surface area contributed by atoms with E-state index in [0.29, 0.717) is 10.6 Å². The molecule has 7 heteroatoms. The van der Waals surface area contributed by atoms with Gasteiger partial charge in [0.25, 0.3) is 0 Å². The minimum Gasteiger partial charge on any atom is -0.326 e. The lowest BCUT2D eigenvalue weighted by molar-refractivity contribution is 0.434. The third-order valence-electron chi connectivity index (χ3n) is 3.45. The predicted octanol–water partition coefficient (Wildman–Crippen LogP) is 3.17. The molecule has 0 aliphatic heterocycles. The van der Waals surface area contributed by atoms with Crippen LogP contribution in [0.5, 0.6) is 0 Å². The summed E-state index contributed by atoms with van der Waals surface area (Å²) < 4.78 is 27.4. The molecule has 0 aromatic heterocycles. The molecule has 1 aromatic carbocycles. The zero-order valence-electron chi connectivity index (χ0n) is 11.8. The smallest absolute Gasteiger partial charge is 0.242 e. The van der Waals surface area contributed by atoms with Gasteiger partial charge in [0.15, 0.2) is 0 Å². The zero-order valence-corrected chi connectivity index (χ0v) is 14.1. The normalized spacial score (nSPS) is 15.1. The molecule has 0 radical (unpaired) electrons. The van der Waals surface area contributed by atoms with Gasteiger partial charge in [-0.15, -0.1) is 0 Å². The summed E-state index contributed by atoms with van der Waals surface area (Å²) in [6.45, 7) is 5.98. The Morgan fingerprint density at radius 2 is 1.85 bits per heavy atom. The summed E-state index contributed by atoms with van der Waals surface area (Å²) in [4.78, 5) is 0.0131. The van der Waals surface area contributed by atoms with E-state index < -0.39 is 10.0 Å². The topological polar surface area (TPSA) is 72.2 Å². The van der Waals surface area contributed by atoms with Crippen molar-refractivity contribution in [1.82, 2.24) is 4.72 Å². The average Bonchev–Trinajstić information content (AvgIpc) is 2.36. The average molecular weight is 339 g/mol. The van der Waals surface area contributed by atoms with E-state index in [9.17, 15) is 8.42 Å². The molecule has 0 fully saturated rings. The van der Waals surface area contributed by atoms with Crippen LogP contribution in [0.15, 0.2) is 17.0 Å². The molecule has 0 saturated carbocycles. The first-order chi connectivity index (χ1) is 9.22. The summed E-state index contributed by atoms with van der Waals surface area (Å²) in [5, 5.41) is 0.461. The maximum Gasteiger partial charge on any atom is 0.242 e. The molecule has 2 unspecified atom stereocenters. The van der Waals surface area contributed by atoms with Crippen LogP contribution in [0.4, 0.5) is 0 Å². The Morgan fingerprint density at radius 3 is 2.35 bits per heavy atom. The zero-order chi connectivity index (χ0) is 15.5. The largest absolute Gasteiger partial charge is 0.326 e. The SMILES string of the molecule is CCC(C)C(C)NS(=O)(=O)c1cc(CN)c(Cl)cc1Cl. The Bertz CT molecular complexity index is 576. The van der Waals surface area contributed by atoms with E-state index in [2.05, 4.69) is 4.72 Å². The summed E-state index contributed by atoms with van der Waals surface area (Å²) in [5.74, 6) is 0.227. The van der Waals surface area contributed by atoms with Crippen molar-refractivity contribution in [3.8, 4) is 0 Å². The summed E-state index contributed by atoms with van der Waals surface area (Å²) in [6.07, 6.45) is 0.881. The van der Waals surface area contributed by atoms with Gasteiger partial charge in [0.05, 0.1) is 5.02 Å². The van der Waals surface area contributed by atoms with Crippen LogP contribution in [-0.4, -0.2) is 14.5 Å². The third kappa shape index (κ3) is 4.09. The molecular formula is C13H20Cl2N2O2S. The molecule has 0 aliphatic rings. The van der Waals surface area contributed by atoms with E-state index in [0.717, 1.165) is 6.42 Å².